The van der Waals surface area contributed by atoms with Crippen molar-refractivity contribution in [3.8, 4) is 11.1 Å². The van der Waals surface area contributed by atoms with Gasteiger partial charge in [-0.3, -0.25) is 9.97 Å². The largest absolute Gasteiger partial charge is 0.256 e. The minimum atomic E-state index is 1.01. The van der Waals surface area contributed by atoms with Crippen LogP contribution in [0.3, 0.4) is 0 Å². The van der Waals surface area contributed by atoms with Crippen molar-refractivity contribution < 1.29 is 0 Å². The maximum atomic E-state index is 4.83. The molecule has 0 bridgehead atoms. The number of pyridine rings is 2. The molecule has 4 aromatic carbocycles. The molecule has 31 heavy (non-hydrogen) atoms. The number of hydrogen-bond donors (Lipinski definition) is 0. The van der Waals surface area contributed by atoms with E-state index in [0.717, 1.165) is 16.4 Å². The van der Waals surface area contributed by atoms with E-state index in [1.807, 2.05) is 24.5 Å². The highest BCUT2D eigenvalue weighted by Crippen LogP contribution is 2.44. The van der Waals surface area contributed by atoms with E-state index in [0.29, 0.717) is 0 Å². The van der Waals surface area contributed by atoms with Gasteiger partial charge >= 0.3 is 0 Å². The Morgan fingerprint density at radius 3 is 2.23 bits per heavy atom. The Morgan fingerprint density at radius 1 is 0.581 bits per heavy atom. The fraction of sp³-hybridized carbons (Fsp3) is 0. The predicted octanol–water partition coefficient (Wildman–Crippen LogP) is 7.75. The topological polar surface area (TPSA) is 25.8 Å². The van der Waals surface area contributed by atoms with Gasteiger partial charge in [0.2, 0.25) is 0 Å². The predicted molar refractivity (Wildman–Crippen MR) is 131 cm³/mol. The Labute approximate surface area is 184 Å². The Kier molecular flexibility index (Phi) is 4.40. The summed E-state index contributed by atoms with van der Waals surface area (Å²) < 4.78 is 0. The molecule has 2 aromatic heterocycles. The third-order valence-corrected chi connectivity index (χ3v) is 6.72. The maximum Gasteiger partial charge on any atom is 0.0798 e. The van der Waals surface area contributed by atoms with Crippen molar-refractivity contribution in [1.29, 1.82) is 0 Å². The third-order valence-electron chi connectivity index (χ3n) is 5.59. The van der Waals surface area contributed by atoms with E-state index in [-0.39, 0.29) is 0 Å². The summed E-state index contributed by atoms with van der Waals surface area (Å²) in [6.07, 6.45) is 3.73. The van der Waals surface area contributed by atoms with Crippen LogP contribution in [-0.4, -0.2) is 9.97 Å². The minimum Gasteiger partial charge on any atom is -0.256 e. The van der Waals surface area contributed by atoms with Crippen LogP contribution in [0.1, 0.15) is 0 Å². The van der Waals surface area contributed by atoms with Crippen molar-refractivity contribution in [2.75, 3.05) is 0 Å². The molecule has 0 radical (unpaired) electrons. The quantitative estimate of drug-likeness (QED) is 0.277. The van der Waals surface area contributed by atoms with Crippen molar-refractivity contribution in [2.24, 2.45) is 0 Å². The molecule has 3 heteroatoms. The molecule has 0 aliphatic carbocycles. The lowest BCUT2D eigenvalue weighted by molar-refractivity contribution is 1.37. The van der Waals surface area contributed by atoms with Gasteiger partial charge in [-0.2, -0.15) is 0 Å². The van der Waals surface area contributed by atoms with E-state index in [2.05, 4.69) is 89.9 Å². The summed E-state index contributed by atoms with van der Waals surface area (Å²) in [5, 5.41) is 4.79. The molecular formula is C28H18N2S. The summed E-state index contributed by atoms with van der Waals surface area (Å²) in [5.74, 6) is 0. The molecule has 0 atom stereocenters. The van der Waals surface area contributed by atoms with Crippen LogP contribution in [0.2, 0.25) is 0 Å². The Balaban J connectivity index is 1.64. The maximum absolute atomic E-state index is 4.83. The van der Waals surface area contributed by atoms with E-state index in [1.165, 1.54) is 37.1 Å². The van der Waals surface area contributed by atoms with Gasteiger partial charge in [0.1, 0.15) is 0 Å². The second kappa shape index (κ2) is 7.53. The molecule has 6 rings (SSSR count). The first-order valence-corrected chi connectivity index (χ1v) is 11.1. The summed E-state index contributed by atoms with van der Waals surface area (Å²) in [6.45, 7) is 0. The average molecular weight is 415 g/mol. The van der Waals surface area contributed by atoms with Gasteiger partial charge in [0, 0.05) is 38.5 Å². The first kappa shape index (κ1) is 18.1. The molecule has 0 aliphatic heterocycles. The Hall–Kier alpha value is -3.69. The average Bonchev–Trinajstić information content (AvgIpc) is 2.84. The summed E-state index contributed by atoms with van der Waals surface area (Å²) in [6, 6.07) is 34.0. The van der Waals surface area contributed by atoms with Gasteiger partial charge < -0.3 is 0 Å². The zero-order valence-corrected chi connectivity index (χ0v) is 17.5. The van der Waals surface area contributed by atoms with Crippen molar-refractivity contribution in [1.82, 2.24) is 9.97 Å². The van der Waals surface area contributed by atoms with E-state index in [4.69, 9.17) is 4.98 Å². The van der Waals surface area contributed by atoms with Crippen molar-refractivity contribution in [2.45, 2.75) is 9.79 Å². The molecule has 0 fully saturated rings. The van der Waals surface area contributed by atoms with Gasteiger partial charge in [-0.05, 0) is 40.6 Å². The summed E-state index contributed by atoms with van der Waals surface area (Å²) >= 11 is 1.79. The van der Waals surface area contributed by atoms with Crippen molar-refractivity contribution >= 4 is 44.3 Å². The second-order valence-electron chi connectivity index (χ2n) is 7.48. The molecule has 0 saturated carbocycles. The van der Waals surface area contributed by atoms with Gasteiger partial charge in [-0.15, -0.1) is 0 Å². The Morgan fingerprint density at radius 2 is 1.32 bits per heavy atom. The molecule has 0 amide bonds. The molecule has 2 heterocycles. The normalized spacial score (nSPS) is 11.4. The zero-order chi connectivity index (χ0) is 20.6. The summed E-state index contributed by atoms with van der Waals surface area (Å²) in [5.41, 5.74) is 4.43. The van der Waals surface area contributed by atoms with Crippen LogP contribution in [-0.2, 0) is 0 Å². The van der Waals surface area contributed by atoms with Crippen LogP contribution in [0, 0.1) is 0 Å². The third kappa shape index (κ3) is 3.15. The summed E-state index contributed by atoms with van der Waals surface area (Å²) in [4.78, 5) is 11.8. The lowest BCUT2D eigenvalue weighted by Crippen LogP contribution is -1.91. The first-order valence-electron chi connectivity index (χ1n) is 10.3. The lowest BCUT2D eigenvalue weighted by Gasteiger charge is -2.16. The smallest absolute Gasteiger partial charge is 0.0798 e. The van der Waals surface area contributed by atoms with Crippen LogP contribution in [0.4, 0.5) is 0 Å². The fourth-order valence-corrected chi connectivity index (χ4v) is 5.30. The highest BCUT2D eigenvalue weighted by molar-refractivity contribution is 7.99. The molecule has 6 aromatic rings. The Bertz CT molecular complexity index is 1500. The molecular weight excluding hydrogens is 396 g/mol. The van der Waals surface area contributed by atoms with Gasteiger partial charge in [-0.25, -0.2) is 0 Å². The SMILES string of the molecule is c1ccc(-c2c3ccccc3c(Sc3ccc4cccnc4c3)c3cccnc23)cc1. The number of fused-ring (bicyclic) bond motifs is 3. The lowest BCUT2D eigenvalue weighted by atomic mass is 9.95. The van der Waals surface area contributed by atoms with E-state index in [1.54, 1.807) is 11.8 Å². The van der Waals surface area contributed by atoms with Crippen molar-refractivity contribution in [3.05, 3.63) is 109 Å². The molecule has 0 saturated heterocycles. The fourth-order valence-electron chi connectivity index (χ4n) is 4.19. The van der Waals surface area contributed by atoms with Gasteiger partial charge in [-0.1, -0.05) is 84.6 Å². The number of rotatable bonds is 3. The van der Waals surface area contributed by atoms with Crippen LogP contribution >= 0.6 is 11.8 Å². The number of aromatic nitrogens is 2. The second-order valence-corrected chi connectivity index (χ2v) is 8.56. The molecule has 0 aliphatic rings. The van der Waals surface area contributed by atoms with E-state index in [9.17, 15) is 0 Å². The monoisotopic (exact) mass is 414 g/mol. The highest BCUT2D eigenvalue weighted by atomic mass is 32.2. The highest BCUT2D eigenvalue weighted by Gasteiger charge is 2.16. The zero-order valence-electron chi connectivity index (χ0n) is 16.7. The summed E-state index contributed by atoms with van der Waals surface area (Å²) in [7, 11) is 0. The minimum absolute atomic E-state index is 1.01. The van der Waals surface area contributed by atoms with Crippen LogP contribution in [0.25, 0.3) is 43.7 Å². The van der Waals surface area contributed by atoms with E-state index >= 15 is 0 Å². The van der Waals surface area contributed by atoms with E-state index < -0.39 is 0 Å². The van der Waals surface area contributed by atoms with Crippen LogP contribution < -0.4 is 0 Å². The van der Waals surface area contributed by atoms with Gasteiger partial charge in [0.15, 0.2) is 0 Å². The molecule has 0 unspecified atom stereocenters. The number of nitrogens with zero attached hydrogens (tertiary/aromatic N) is 2. The van der Waals surface area contributed by atoms with Crippen LogP contribution in [0.15, 0.2) is 119 Å². The first-order chi connectivity index (χ1) is 15.4. The standard InChI is InChI=1S/C28H18N2S/c1-2-8-20(9-3-1)26-22-11-4-5-12-23(22)28(24-13-7-17-30-27(24)26)31-21-15-14-19-10-6-16-29-25(19)18-21/h1-18H. The van der Waals surface area contributed by atoms with Crippen molar-refractivity contribution in [3.63, 3.8) is 0 Å². The number of benzene rings is 4. The molecule has 146 valence electrons. The molecule has 0 spiro atoms. The molecule has 2 nitrogen and oxygen atoms in total. The van der Waals surface area contributed by atoms with Gasteiger partial charge in [0.05, 0.1) is 11.0 Å². The number of hydrogen-bond acceptors (Lipinski definition) is 3. The molecule has 0 N–H and O–H groups in total. The van der Waals surface area contributed by atoms with Crippen LogP contribution in [0.5, 0.6) is 0 Å². The van der Waals surface area contributed by atoms with Gasteiger partial charge in [0.25, 0.3) is 0 Å².